The first kappa shape index (κ1) is 21.3. The summed E-state index contributed by atoms with van der Waals surface area (Å²) in [6.07, 6.45) is 4.38. The molecule has 8 nitrogen and oxygen atoms in total. The minimum atomic E-state index is -1.99. The number of esters is 1. The van der Waals surface area contributed by atoms with Gasteiger partial charge in [-0.15, -0.1) is 0 Å². The molecule has 26 heavy (non-hydrogen) atoms. The molecule has 1 atom stereocenters. The lowest BCUT2D eigenvalue weighted by molar-refractivity contribution is -0.746. The van der Waals surface area contributed by atoms with Crippen LogP contribution in [0.2, 0.25) is 0 Å². The molecule has 0 amide bonds. The van der Waals surface area contributed by atoms with Gasteiger partial charge in [0, 0.05) is 11.6 Å². The average Bonchev–Trinajstić information content (AvgIpc) is 2.57. The fourth-order valence-corrected chi connectivity index (χ4v) is 2.79. The number of nitro groups is 2. The molecule has 0 saturated carbocycles. The lowest BCUT2D eigenvalue weighted by atomic mass is 9.89. The van der Waals surface area contributed by atoms with E-state index in [1.54, 1.807) is 25.1 Å². The van der Waals surface area contributed by atoms with Crippen LogP contribution in [-0.4, -0.2) is 22.0 Å². The van der Waals surface area contributed by atoms with Crippen molar-refractivity contribution in [2.75, 3.05) is 0 Å². The lowest BCUT2D eigenvalue weighted by Gasteiger charge is -2.18. The molecule has 1 rings (SSSR count). The molecule has 0 N–H and O–H groups in total. The maximum Gasteiger partial charge on any atom is 0.457 e. The van der Waals surface area contributed by atoms with Crippen LogP contribution in [0, 0.1) is 20.2 Å². The second kappa shape index (κ2) is 11.0. The number of carbonyl (C=O) groups is 1. The van der Waals surface area contributed by atoms with E-state index >= 15 is 0 Å². The van der Waals surface area contributed by atoms with Gasteiger partial charge in [0.05, 0.1) is 9.85 Å². The number of rotatable bonds is 11. The summed E-state index contributed by atoms with van der Waals surface area (Å²) in [6, 6.07) is 6.27. The highest BCUT2D eigenvalue weighted by Gasteiger charge is 2.44. The van der Waals surface area contributed by atoms with Crippen LogP contribution in [0.5, 0.6) is 5.75 Å². The van der Waals surface area contributed by atoms with Gasteiger partial charge in [0.1, 0.15) is 11.7 Å². The molecular formula is C18H24N2O6. The lowest BCUT2D eigenvalue weighted by Crippen LogP contribution is -2.35. The van der Waals surface area contributed by atoms with Crippen LogP contribution in [0.15, 0.2) is 36.4 Å². The van der Waals surface area contributed by atoms with Crippen molar-refractivity contribution < 1.29 is 19.4 Å². The standard InChI is InChI=1S/C18H24N2O6/c1-3-5-6-7-12-15(18(19(22)23)20(24)25)14-11-8-9-13-16(14)26-17(21)10-4-2/h4,8-11,13,15,18H,3,5-7,12H2,1-2H3/b10-4+. The number of hydrogen-bond acceptors (Lipinski definition) is 6. The molecule has 0 bridgehead atoms. The smallest absolute Gasteiger partial charge is 0.423 e. The number of ether oxygens (including phenoxy) is 1. The van der Waals surface area contributed by atoms with E-state index in [0.29, 0.717) is 12.0 Å². The molecule has 1 unspecified atom stereocenters. The van der Waals surface area contributed by atoms with Crippen molar-refractivity contribution in [2.24, 2.45) is 0 Å². The van der Waals surface area contributed by atoms with Crippen molar-refractivity contribution in [3.63, 3.8) is 0 Å². The first-order valence-electron chi connectivity index (χ1n) is 8.62. The van der Waals surface area contributed by atoms with Crippen LogP contribution in [0.25, 0.3) is 0 Å². The Morgan fingerprint density at radius 1 is 1.15 bits per heavy atom. The predicted molar refractivity (Wildman–Crippen MR) is 96.2 cm³/mol. The van der Waals surface area contributed by atoms with Crippen molar-refractivity contribution in [1.29, 1.82) is 0 Å². The van der Waals surface area contributed by atoms with E-state index in [2.05, 4.69) is 0 Å². The Kier molecular flexibility index (Phi) is 8.97. The van der Waals surface area contributed by atoms with E-state index in [1.807, 2.05) is 6.92 Å². The van der Waals surface area contributed by atoms with Crippen LogP contribution in [0.4, 0.5) is 0 Å². The highest BCUT2D eigenvalue weighted by Crippen LogP contribution is 2.34. The summed E-state index contributed by atoms with van der Waals surface area (Å²) in [6.45, 7) is 3.68. The zero-order chi connectivity index (χ0) is 19.5. The fourth-order valence-electron chi connectivity index (χ4n) is 2.79. The van der Waals surface area contributed by atoms with Gasteiger partial charge in [0.15, 0.2) is 0 Å². The predicted octanol–water partition coefficient (Wildman–Crippen LogP) is 4.10. The Morgan fingerprint density at radius 3 is 2.38 bits per heavy atom. The molecule has 0 radical (unpaired) electrons. The van der Waals surface area contributed by atoms with E-state index in [-0.39, 0.29) is 12.2 Å². The van der Waals surface area contributed by atoms with Gasteiger partial charge < -0.3 is 4.74 Å². The molecule has 0 saturated heterocycles. The van der Waals surface area contributed by atoms with E-state index in [9.17, 15) is 25.0 Å². The molecule has 0 heterocycles. The summed E-state index contributed by atoms with van der Waals surface area (Å²) in [5.41, 5.74) is 0.306. The fraction of sp³-hybridized carbons (Fsp3) is 0.500. The average molecular weight is 364 g/mol. The minimum absolute atomic E-state index is 0.116. The van der Waals surface area contributed by atoms with Gasteiger partial charge in [-0.3, -0.25) is 20.2 Å². The number of nitrogens with zero attached hydrogens (tertiary/aromatic N) is 2. The third-order valence-electron chi connectivity index (χ3n) is 3.99. The zero-order valence-corrected chi connectivity index (χ0v) is 15.0. The van der Waals surface area contributed by atoms with Gasteiger partial charge in [-0.05, 0) is 19.4 Å². The topological polar surface area (TPSA) is 113 Å². The van der Waals surface area contributed by atoms with Crippen molar-refractivity contribution in [2.45, 2.75) is 58.0 Å². The number of hydrogen-bond donors (Lipinski definition) is 0. The van der Waals surface area contributed by atoms with Gasteiger partial charge in [0.2, 0.25) is 0 Å². The maximum absolute atomic E-state index is 11.7. The van der Waals surface area contributed by atoms with Gasteiger partial charge in [-0.2, -0.15) is 0 Å². The summed E-state index contributed by atoms with van der Waals surface area (Å²) >= 11 is 0. The summed E-state index contributed by atoms with van der Waals surface area (Å²) in [4.78, 5) is 32.6. The van der Waals surface area contributed by atoms with Crippen LogP contribution in [0.3, 0.4) is 0 Å². The monoisotopic (exact) mass is 364 g/mol. The largest absolute Gasteiger partial charge is 0.457 e. The molecule has 1 aromatic rings. The van der Waals surface area contributed by atoms with Crippen molar-refractivity contribution >= 4 is 5.97 Å². The van der Waals surface area contributed by atoms with Crippen LogP contribution in [0.1, 0.15) is 57.4 Å². The van der Waals surface area contributed by atoms with Crippen LogP contribution in [-0.2, 0) is 4.79 Å². The van der Waals surface area contributed by atoms with Gasteiger partial charge in [0.25, 0.3) is 0 Å². The summed E-state index contributed by atoms with van der Waals surface area (Å²) in [5.74, 6) is -1.50. The second-order valence-corrected chi connectivity index (χ2v) is 5.90. The number of carbonyl (C=O) groups excluding carboxylic acids is 1. The number of para-hydroxylation sites is 1. The second-order valence-electron chi connectivity index (χ2n) is 5.90. The van der Waals surface area contributed by atoms with E-state index in [0.717, 1.165) is 19.3 Å². The Balaban J connectivity index is 3.22. The summed E-state index contributed by atoms with van der Waals surface area (Å²) in [5, 5.41) is 22.7. The molecule has 8 heteroatoms. The number of benzene rings is 1. The third-order valence-corrected chi connectivity index (χ3v) is 3.99. The number of unbranched alkanes of at least 4 members (excludes halogenated alkanes) is 3. The Morgan fingerprint density at radius 2 is 1.81 bits per heavy atom. The highest BCUT2D eigenvalue weighted by molar-refractivity contribution is 5.84. The van der Waals surface area contributed by atoms with Crippen LogP contribution < -0.4 is 4.74 Å². The molecule has 0 aromatic heterocycles. The quantitative estimate of drug-likeness (QED) is 0.111. The first-order valence-corrected chi connectivity index (χ1v) is 8.62. The van der Waals surface area contributed by atoms with Gasteiger partial charge in [-0.25, -0.2) is 4.79 Å². The Bertz CT molecular complexity index is 645. The van der Waals surface area contributed by atoms with Crippen molar-refractivity contribution in [3.8, 4) is 5.75 Å². The van der Waals surface area contributed by atoms with Gasteiger partial charge in [-0.1, -0.05) is 56.9 Å². The van der Waals surface area contributed by atoms with E-state index in [4.69, 9.17) is 4.74 Å². The Hall–Kier alpha value is -2.77. The number of allylic oxidation sites excluding steroid dienone is 1. The SMILES string of the molecule is C/C=C/C(=O)Oc1ccccc1C(CCCCCC)C([N+](=O)[O-])[N+](=O)[O-]. The Labute approximate surface area is 152 Å². The maximum atomic E-state index is 11.7. The molecular weight excluding hydrogens is 340 g/mol. The highest BCUT2D eigenvalue weighted by atomic mass is 16.7. The molecule has 0 fully saturated rings. The third kappa shape index (κ3) is 6.27. The summed E-state index contributed by atoms with van der Waals surface area (Å²) in [7, 11) is 0. The summed E-state index contributed by atoms with van der Waals surface area (Å²) < 4.78 is 5.23. The normalized spacial score (nSPS) is 12.3. The molecule has 1 aromatic carbocycles. The molecule has 0 spiro atoms. The van der Waals surface area contributed by atoms with Gasteiger partial charge >= 0.3 is 12.1 Å². The minimum Gasteiger partial charge on any atom is -0.423 e. The van der Waals surface area contributed by atoms with Crippen molar-refractivity contribution in [3.05, 3.63) is 62.2 Å². The molecule has 0 aliphatic rings. The van der Waals surface area contributed by atoms with E-state index in [1.165, 1.54) is 18.2 Å². The van der Waals surface area contributed by atoms with E-state index < -0.39 is 27.9 Å². The van der Waals surface area contributed by atoms with Crippen molar-refractivity contribution in [1.82, 2.24) is 0 Å². The van der Waals surface area contributed by atoms with Crippen LogP contribution >= 0.6 is 0 Å². The molecule has 0 aliphatic heterocycles. The molecule has 142 valence electrons. The zero-order valence-electron chi connectivity index (χ0n) is 15.0. The first-order chi connectivity index (χ1) is 12.4. The molecule has 0 aliphatic carbocycles.